The molecule has 0 saturated carbocycles. The van der Waals surface area contributed by atoms with E-state index in [0.29, 0.717) is 42.5 Å². The Hall–Kier alpha value is -5.58. The fourth-order valence-electron chi connectivity index (χ4n) is 6.03. The molecule has 0 unspecified atom stereocenters. The Morgan fingerprint density at radius 2 is 1.73 bits per heavy atom. The summed E-state index contributed by atoms with van der Waals surface area (Å²) < 4.78 is 18.7. The molecule has 11 heteroatoms. The highest BCUT2D eigenvalue weighted by atomic mass is 16.6. The molecule has 0 aliphatic carbocycles. The fraction of sp³-hybridized carbons (Fsp3) is 0.316. The van der Waals surface area contributed by atoms with E-state index in [9.17, 15) is 9.59 Å². The summed E-state index contributed by atoms with van der Waals surface area (Å²) >= 11 is 0. The predicted octanol–water partition coefficient (Wildman–Crippen LogP) is 7.55. The Balaban J connectivity index is 1.36. The number of carbonyl (C=O) groups excluding carboxylic acids is 2. The summed E-state index contributed by atoms with van der Waals surface area (Å²) in [6, 6.07) is 24.4. The van der Waals surface area contributed by atoms with E-state index in [4.69, 9.17) is 24.3 Å². The molecule has 1 fully saturated rings. The first-order valence-corrected chi connectivity index (χ1v) is 16.4. The molecule has 3 heterocycles. The van der Waals surface area contributed by atoms with Gasteiger partial charge in [-0.2, -0.15) is 5.10 Å². The maximum absolute atomic E-state index is 13.1. The number of piperidine rings is 1. The summed E-state index contributed by atoms with van der Waals surface area (Å²) in [6.45, 7) is 7.16. The molecule has 1 aliphatic heterocycles. The van der Waals surface area contributed by atoms with E-state index < -0.39 is 5.60 Å². The third kappa shape index (κ3) is 7.61. The Kier molecular flexibility index (Phi) is 9.70. The van der Waals surface area contributed by atoms with Crippen LogP contribution in [-0.4, -0.2) is 64.6 Å². The number of fused-ring (bicyclic) bond motifs is 1. The van der Waals surface area contributed by atoms with Gasteiger partial charge in [0.25, 0.3) is 5.91 Å². The summed E-state index contributed by atoms with van der Waals surface area (Å²) in [5, 5.41) is 12.5. The van der Waals surface area contributed by atoms with Crippen LogP contribution < -0.4 is 20.1 Å². The van der Waals surface area contributed by atoms with Gasteiger partial charge in [0.1, 0.15) is 28.6 Å². The van der Waals surface area contributed by atoms with Crippen LogP contribution in [0.4, 0.5) is 16.3 Å². The number of rotatable bonds is 9. The van der Waals surface area contributed by atoms with Crippen LogP contribution >= 0.6 is 0 Å². The van der Waals surface area contributed by atoms with Crippen molar-refractivity contribution in [3.8, 4) is 22.8 Å². The molecule has 5 aromatic rings. The third-order valence-electron chi connectivity index (χ3n) is 8.41. The van der Waals surface area contributed by atoms with Gasteiger partial charge in [-0.1, -0.05) is 30.3 Å². The van der Waals surface area contributed by atoms with Gasteiger partial charge >= 0.3 is 6.09 Å². The second-order valence-corrected chi connectivity index (χ2v) is 13.0. The lowest BCUT2D eigenvalue weighted by molar-refractivity contribution is 0.0169. The standard InChI is InChI=1S/C38H42N6O5/c1-38(2,3)49-37(46)43-21-9-12-29(24-43)44-31-19-20-39-35(40-23-27-17-18-30(47-4)22-32(27)48-5)33(31)34(42-44)25-13-15-26(16-14-25)36(45)41-28-10-7-6-8-11-28/h6-8,10-11,13-20,22,29H,9,12,21,23-24H2,1-5H3,(H,39,40)(H,41,45)/t29-/m1/s1. The molecule has 2 aromatic heterocycles. The number of aromatic nitrogens is 3. The molecule has 6 rings (SSSR count). The fourth-order valence-corrected chi connectivity index (χ4v) is 6.03. The monoisotopic (exact) mass is 662 g/mol. The number of para-hydroxylation sites is 1. The van der Waals surface area contributed by atoms with Crippen molar-refractivity contribution in [2.45, 2.75) is 51.8 Å². The van der Waals surface area contributed by atoms with Gasteiger partial charge in [-0.25, -0.2) is 9.78 Å². The van der Waals surface area contributed by atoms with Gasteiger partial charge in [-0.15, -0.1) is 0 Å². The minimum Gasteiger partial charge on any atom is -0.497 e. The highest BCUT2D eigenvalue weighted by Crippen LogP contribution is 2.37. The van der Waals surface area contributed by atoms with Gasteiger partial charge < -0.3 is 29.7 Å². The van der Waals surface area contributed by atoms with Crippen LogP contribution in [-0.2, 0) is 11.3 Å². The molecule has 1 atom stereocenters. The van der Waals surface area contributed by atoms with Crippen molar-refractivity contribution in [2.75, 3.05) is 37.9 Å². The van der Waals surface area contributed by atoms with Crippen molar-refractivity contribution >= 4 is 34.4 Å². The summed E-state index contributed by atoms with van der Waals surface area (Å²) in [5.41, 5.74) is 4.04. The van der Waals surface area contributed by atoms with Crippen LogP contribution in [0.1, 0.15) is 55.6 Å². The number of amides is 2. The van der Waals surface area contributed by atoms with Gasteiger partial charge in [-0.05, 0) is 76.1 Å². The van der Waals surface area contributed by atoms with Gasteiger partial charge in [0.05, 0.1) is 31.2 Å². The number of ether oxygens (including phenoxy) is 3. The normalized spacial score (nSPS) is 14.7. The van der Waals surface area contributed by atoms with Crippen LogP contribution in [0.2, 0.25) is 0 Å². The molecular formula is C38H42N6O5. The maximum atomic E-state index is 13.1. The Morgan fingerprint density at radius 1 is 0.959 bits per heavy atom. The lowest BCUT2D eigenvalue weighted by atomic mass is 10.0. The summed E-state index contributed by atoms with van der Waals surface area (Å²) in [4.78, 5) is 32.6. The molecule has 11 nitrogen and oxygen atoms in total. The van der Waals surface area contributed by atoms with E-state index in [1.165, 1.54) is 0 Å². The molecule has 1 saturated heterocycles. The van der Waals surface area contributed by atoms with Gasteiger partial charge in [-0.3, -0.25) is 9.48 Å². The minimum absolute atomic E-state index is 0.0784. The highest BCUT2D eigenvalue weighted by molar-refractivity contribution is 6.05. The average Bonchev–Trinajstić information content (AvgIpc) is 3.51. The topological polar surface area (TPSA) is 120 Å². The zero-order valence-corrected chi connectivity index (χ0v) is 28.5. The quantitative estimate of drug-likeness (QED) is 0.166. The first-order valence-electron chi connectivity index (χ1n) is 16.4. The van der Waals surface area contributed by atoms with Crippen LogP contribution in [0, 0.1) is 0 Å². The second-order valence-electron chi connectivity index (χ2n) is 13.0. The average molecular weight is 663 g/mol. The molecule has 49 heavy (non-hydrogen) atoms. The first-order chi connectivity index (χ1) is 23.6. The van der Waals surface area contributed by atoms with Crippen molar-refractivity contribution in [3.63, 3.8) is 0 Å². The molecule has 254 valence electrons. The van der Waals surface area contributed by atoms with Crippen LogP contribution in [0.25, 0.3) is 22.2 Å². The minimum atomic E-state index is -0.585. The number of hydrogen-bond acceptors (Lipinski definition) is 8. The summed E-state index contributed by atoms with van der Waals surface area (Å²) in [5.74, 6) is 1.86. The molecule has 0 spiro atoms. The third-order valence-corrected chi connectivity index (χ3v) is 8.41. The predicted molar refractivity (Wildman–Crippen MR) is 190 cm³/mol. The van der Waals surface area contributed by atoms with E-state index in [1.807, 2.05) is 92.2 Å². The van der Waals surface area contributed by atoms with E-state index >= 15 is 0 Å². The number of carbonyl (C=O) groups is 2. The smallest absolute Gasteiger partial charge is 0.410 e. The number of hydrogen-bond donors (Lipinski definition) is 2. The van der Waals surface area contributed by atoms with E-state index in [0.717, 1.165) is 46.3 Å². The van der Waals surface area contributed by atoms with Crippen LogP contribution in [0.5, 0.6) is 11.5 Å². The molecule has 0 radical (unpaired) electrons. The summed E-state index contributed by atoms with van der Waals surface area (Å²) in [6.07, 6.45) is 3.11. The largest absolute Gasteiger partial charge is 0.497 e. The molecule has 2 amide bonds. The van der Waals surface area contributed by atoms with Crippen molar-refractivity contribution in [3.05, 3.63) is 96.2 Å². The molecule has 2 N–H and O–H groups in total. The SMILES string of the molecule is COc1ccc(CNc2nccc3c2c(-c2ccc(C(=O)Nc4ccccc4)cc2)nn3[C@@H]2CCCN(C(=O)OC(C)(C)C)C2)c(OC)c1. The van der Waals surface area contributed by atoms with Gasteiger partial charge in [0.15, 0.2) is 0 Å². The number of anilines is 2. The molecule has 1 aliphatic rings. The maximum Gasteiger partial charge on any atom is 0.410 e. The van der Waals surface area contributed by atoms with Crippen molar-refractivity contribution in [1.82, 2.24) is 19.7 Å². The molecule has 3 aromatic carbocycles. The van der Waals surface area contributed by atoms with E-state index in [2.05, 4.69) is 10.6 Å². The number of nitrogens with zero attached hydrogens (tertiary/aromatic N) is 4. The van der Waals surface area contributed by atoms with Crippen molar-refractivity contribution < 1.29 is 23.8 Å². The van der Waals surface area contributed by atoms with Crippen LogP contribution in [0.15, 0.2) is 85.1 Å². The zero-order valence-electron chi connectivity index (χ0n) is 28.5. The van der Waals surface area contributed by atoms with Crippen LogP contribution in [0.3, 0.4) is 0 Å². The van der Waals surface area contributed by atoms with E-state index in [1.54, 1.807) is 37.4 Å². The summed E-state index contributed by atoms with van der Waals surface area (Å²) in [7, 11) is 3.26. The molecular weight excluding hydrogens is 620 g/mol. The number of pyridine rings is 1. The number of methoxy groups -OCH3 is 2. The lowest BCUT2D eigenvalue weighted by Crippen LogP contribution is -2.43. The van der Waals surface area contributed by atoms with Gasteiger partial charge in [0.2, 0.25) is 0 Å². The number of benzene rings is 3. The number of nitrogens with one attached hydrogen (secondary N) is 2. The number of likely N-dealkylation sites (tertiary alicyclic amines) is 1. The van der Waals surface area contributed by atoms with Gasteiger partial charge in [0, 0.05) is 54.3 Å². The Morgan fingerprint density at radius 3 is 2.45 bits per heavy atom. The first kappa shape index (κ1) is 33.3. The van der Waals surface area contributed by atoms with E-state index in [-0.39, 0.29) is 18.0 Å². The van der Waals surface area contributed by atoms with Crippen molar-refractivity contribution in [1.29, 1.82) is 0 Å². The Bertz CT molecular complexity index is 1930. The molecule has 0 bridgehead atoms. The van der Waals surface area contributed by atoms with Crippen molar-refractivity contribution in [2.24, 2.45) is 0 Å². The highest BCUT2D eigenvalue weighted by Gasteiger charge is 2.31. The lowest BCUT2D eigenvalue weighted by Gasteiger charge is -2.34. The zero-order chi connectivity index (χ0) is 34.5. The second kappa shape index (κ2) is 14.3. The Labute approximate surface area is 286 Å².